The van der Waals surface area contributed by atoms with Crippen molar-refractivity contribution in [2.24, 2.45) is 0 Å². The molecule has 1 atom stereocenters. The number of hydrogen-bond donors (Lipinski definition) is 0. The highest BCUT2D eigenvalue weighted by molar-refractivity contribution is 7.54. The molecule has 0 saturated carbocycles. The van der Waals surface area contributed by atoms with E-state index < -0.39 is 7.80 Å². The normalized spacial score (nSPS) is 20.1. The van der Waals surface area contributed by atoms with E-state index in [1.54, 1.807) is 0 Å². The maximum atomic E-state index is 12.7. The molecule has 0 bridgehead atoms. The Kier molecular flexibility index (Phi) is 3.46. The van der Waals surface area contributed by atoms with E-state index in [1.165, 1.54) is 16.7 Å². The van der Waals surface area contributed by atoms with Crippen molar-refractivity contribution in [3.8, 4) is 0 Å². The molecule has 20 heavy (non-hydrogen) atoms. The molecule has 1 unspecified atom stereocenters. The van der Waals surface area contributed by atoms with E-state index in [0.29, 0.717) is 0 Å². The van der Waals surface area contributed by atoms with Crippen LogP contribution in [0.3, 0.4) is 0 Å². The van der Waals surface area contributed by atoms with Gasteiger partial charge in [0.25, 0.3) is 0 Å². The fourth-order valence-corrected chi connectivity index (χ4v) is 5.30. The smallest absolute Gasteiger partial charge is 0.0680 e. The highest BCUT2D eigenvalue weighted by Gasteiger charge is 2.49. The van der Waals surface area contributed by atoms with Gasteiger partial charge in [-0.15, -0.1) is 0 Å². The molecule has 2 heteroatoms. The molecule has 0 fully saturated rings. The summed E-state index contributed by atoms with van der Waals surface area (Å²) in [5, 5.41) is 1.14. The maximum absolute atomic E-state index is 12.7. The molecular weight excluding hydrogens is 263 g/mol. The Morgan fingerprint density at radius 3 is 2.00 bits per heavy atom. The first kappa shape index (κ1) is 15.7. The van der Waals surface area contributed by atoms with Gasteiger partial charge in [0.2, 0.25) is 0 Å². The van der Waals surface area contributed by atoms with Gasteiger partial charge in [-0.05, 0) is 16.4 Å². The van der Waals surface area contributed by atoms with Gasteiger partial charge in [0.15, 0.2) is 11.5 Å². The zero-order valence-electron chi connectivity index (χ0n) is 14.2. The van der Waals surface area contributed by atoms with Crippen molar-refractivity contribution in [3.05, 3.63) is 28.8 Å². The van der Waals surface area contributed by atoms with Crippen LogP contribution in [-0.2, 0) is 20.8 Å². The van der Waals surface area contributed by atoms with Gasteiger partial charge in [-0.3, -0.25) is 0 Å². The van der Waals surface area contributed by atoms with Gasteiger partial charge in [0.1, 0.15) is 0 Å². The van der Waals surface area contributed by atoms with E-state index in [2.05, 4.69) is 67.5 Å². The molecule has 1 heterocycles. The number of hydrogen-bond acceptors (Lipinski definition) is 1. The highest BCUT2D eigenvalue weighted by atomic mass is 31.1. The third kappa shape index (κ3) is 2.58. The Bertz CT molecular complexity index is 568. The Hall–Kier alpha value is -0.680. The maximum Gasteiger partial charge on any atom is 0.378 e. The van der Waals surface area contributed by atoms with Crippen molar-refractivity contribution in [3.63, 3.8) is 0 Å². The lowest BCUT2D eigenvalue weighted by molar-refractivity contribution is 0.559. The SMILES string of the molecule is CC(C)(C)c1cc(C(C)(C)C)c2c(c1)C(C)(C)C[P+]2=O. The van der Waals surface area contributed by atoms with Crippen molar-refractivity contribution in [2.75, 3.05) is 6.16 Å². The van der Waals surface area contributed by atoms with E-state index in [1.807, 2.05) is 0 Å². The predicted molar refractivity (Wildman–Crippen MR) is 89.0 cm³/mol. The lowest BCUT2D eigenvalue weighted by atomic mass is 9.75. The molecule has 1 aliphatic rings. The third-order valence-electron chi connectivity index (χ3n) is 4.30. The molecule has 0 saturated heterocycles. The predicted octanol–water partition coefficient (Wildman–Crippen LogP) is 5.03. The second-order valence-electron chi connectivity index (χ2n) is 8.84. The summed E-state index contributed by atoms with van der Waals surface area (Å²) in [6.07, 6.45) is 0.786. The lowest BCUT2D eigenvalue weighted by Gasteiger charge is -2.27. The molecule has 0 aromatic heterocycles. The van der Waals surface area contributed by atoms with Gasteiger partial charge in [0, 0.05) is 16.5 Å². The van der Waals surface area contributed by atoms with Crippen LogP contribution < -0.4 is 5.30 Å². The standard InChI is InChI=1S/C18H28OP/c1-16(2,3)12-9-13(17(4,5)6)15-14(10-12)18(7,8)11-20(15)19/h9-10H,11H2,1-8H3/q+1. The first-order chi connectivity index (χ1) is 8.84. The van der Waals surface area contributed by atoms with Crippen LogP contribution in [0.2, 0.25) is 0 Å². The molecule has 0 spiro atoms. The zero-order chi connectivity index (χ0) is 15.5. The molecule has 1 aliphatic heterocycles. The minimum atomic E-state index is -1.25. The fraction of sp³-hybridized carbons (Fsp3) is 0.667. The minimum absolute atomic E-state index is 0.0318. The summed E-state index contributed by atoms with van der Waals surface area (Å²) in [6.45, 7) is 17.9. The van der Waals surface area contributed by atoms with E-state index in [4.69, 9.17) is 0 Å². The zero-order valence-corrected chi connectivity index (χ0v) is 15.1. The van der Waals surface area contributed by atoms with Crippen LogP contribution in [0.25, 0.3) is 0 Å². The van der Waals surface area contributed by atoms with Crippen molar-refractivity contribution in [2.45, 2.75) is 71.6 Å². The topological polar surface area (TPSA) is 17.1 Å². The molecule has 110 valence electrons. The second-order valence-corrected chi connectivity index (χ2v) is 10.4. The Morgan fingerprint density at radius 1 is 1.00 bits per heavy atom. The summed E-state index contributed by atoms with van der Waals surface area (Å²) in [4.78, 5) is 0. The van der Waals surface area contributed by atoms with Gasteiger partial charge < -0.3 is 0 Å². The first-order valence-electron chi connectivity index (χ1n) is 7.48. The van der Waals surface area contributed by atoms with Gasteiger partial charge in [-0.25, -0.2) is 0 Å². The molecule has 1 aromatic carbocycles. The summed E-state index contributed by atoms with van der Waals surface area (Å²) >= 11 is 0. The van der Waals surface area contributed by atoms with Crippen molar-refractivity contribution in [1.82, 2.24) is 0 Å². The Labute approximate surface area is 125 Å². The van der Waals surface area contributed by atoms with Gasteiger partial charge in [0.05, 0.1) is 0 Å². The van der Waals surface area contributed by atoms with Gasteiger partial charge >= 0.3 is 7.80 Å². The Morgan fingerprint density at radius 2 is 1.55 bits per heavy atom. The van der Waals surface area contributed by atoms with E-state index >= 15 is 0 Å². The first-order valence-corrected chi connectivity index (χ1v) is 8.93. The molecule has 1 aromatic rings. The van der Waals surface area contributed by atoms with Crippen molar-refractivity contribution >= 4 is 13.1 Å². The molecule has 1 nitrogen and oxygen atoms in total. The van der Waals surface area contributed by atoms with E-state index in [0.717, 1.165) is 11.5 Å². The monoisotopic (exact) mass is 291 g/mol. The summed E-state index contributed by atoms with van der Waals surface area (Å²) in [5.74, 6) is 0. The van der Waals surface area contributed by atoms with Crippen LogP contribution in [-0.4, -0.2) is 6.16 Å². The van der Waals surface area contributed by atoms with E-state index in [-0.39, 0.29) is 16.2 Å². The average Bonchev–Trinajstić information content (AvgIpc) is 2.46. The van der Waals surface area contributed by atoms with Crippen LogP contribution >= 0.6 is 7.80 Å². The molecule has 0 N–H and O–H groups in total. The van der Waals surface area contributed by atoms with Crippen LogP contribution in [0.15, 0.2) is 12.1 Å². The largest absolute Gasteiger partial charge is 0.378 e. The lowest BCUT2D eigenvalue weighted by Crippen LogP contribution is -2.27. The summed E-state index contributed by atoms with van der Waals surface area (Å²) < 4.78 is 12.7. The van der Waals surface area contributed by atoms with Crippen LogP contribution in [0.4, 0.5) is 0 Å². The van der Waals surface area contributed by atoms with Crippen molar-refractivity contribution < 1.29 is 4.57 Å². The number of benzene rings is 1. The van der Waals surface area contributed by atoms with E-state index in [9.17, 15) is 4.57 Å². The quantitative estimate of drug-likeness (QED) is 0.613. The van der Waals surface area contributed by atoms with Gasteiger partial charge in [-0.2, -0.15) is 0 Å². The van der Waals surface area contributed by atoms with Crippen molar-refractivity contribution in [1.29, 1.82) is 0 Å². The highest BCUT2D eigenvalue weighted by Crippen LogP contribution is 2.47. The molecule has 0 radical (unpaired) electrons. The number of rotatable bonds is 0. The van der Waals surface area contributed by atoms with Crippen LogP contribution in [0.1, 0.15) is 72.1 Å². The Balaban J connectivity index is 2.83. The fourth-order valence-electron chi connectivity index (χ4n) is 2.95. The molecule has 0 amide bonds. The van der Waals surface area contributed by atoms with Gasteiger partial charge in [-0.1, -0.05) is 72.1 Å². The molecular formula is C18H28OP+. The molecule has 0 aliphatic carbocycles. The third-order valence-corrected chi connectivity index (χ3v) is 6.36. The van der Waals surface area contributed by atoms with Crippen LogP contribution in [0, 0.1) is 0 Å². The summed E-state index contributed by atoms with van der Waals surface area (Å²) in [5.41, 5.74) is 4.15. The molecule has 2 rings (SSSR count). The summed E-state index contributed by atoms with van der Waals surface area (Å²) in [7, 11) is -1.25. The number of fused-ring (bicyclic) bond motifs is 1. The summed E-state index contributed by atoms with van der Waals surface area (Å²) in [6, 6.07) is 4.61. The van der Waals surface area contributed by atoms with Crippen LogP contribution in [0.5, 0.6) is 0 Å². The average molecular weight is 291 g/mol. The minimum Gasteiger partial charge on any atom is -0.0680 e. The second kappa shape index (κ2) is 4.41.